The molecule has 0 aromatic carbocycles. The zero-order valence-electron chi connectivity index (χ0n) is 6.24. The lowest BCUT2D eigenvalue weighted by atomic mass is 10.4. The van der Waals surface area contributed by atoms with Gasteiger partial charge < -0.3 is 0 Å². The molecule has 0 fully saturated rings. The van der Waals surface area contributed by atoms with E-state index < -0.39 is 0 Å². The fourth-order valence-corrected chi connectivity index (χ4v) is 0.487. The lowest BCUT2D eigenvalue weighted by molar-refractivity contribution is -0.104. The van der Waals surface area contributed by atoms with Gasteiger partial charge in [-0.15, -0.1) is 0 Å². The van der Waals surface area contributed by atoms with Gasteiger partial charge in [-0.25, -0.2) is 0 Å². The first-order valence-corrected chi connectivity index (χ1v) is 3.08. The molecule has 0 spiro atoms. The minimum Gasteiger partial charge on any atom is -0.299 e. The minimum absolute atomic E-state index is 0.736. The van der Waals surface area contributed by atoms with Crippen LogP contribution in [-0.4, -0.2) is 12.5 Å². The summed E-state index contributed by atoms with van der Waals surface area (Å²) in [5, 5.41) is 0. The molecule has 0 heterocycles. The summed E-state index contributed by atoms with van der Waals surface area (Å²) in [4.78, 5) is 13.8. The second-order valence-corrected chi connectivity index (χ2v) is 1.72. The summed E-state index contributed by atoms with van der Waals surface area (Å²) in [6.07, 6.45) is 7.30. The van der Waals surface area contributed by atoms with Crippen LogP contribution in [0.5, 0.6) is 0 Å². The van der Waals surface area contributed by atoms with E-state index in [-0.39, 0.29) is 0 Å². The summed E-state index contributed by atoms with van der Waals surface area (Å²) in [6.45, 7) is 3.72. The van der Waals surface area contributed by atoms with E-state index >= 15 is 0 Å². The molecule has 0 saturated carbocycles. The van der Waals surface area contributed by atoms with Crippen molar-refractivity contribution in [1.82, 2.24) is 0 Å². The van der Waals surface area contributed by atoms with Gasteiger partial charge in [0.05, 0.1) is 0 Å². The quantitative estimate of drug-likeness (QED) is 0.252. The van der Waals surface area contributed by atoms with Crippen molar-refractivity contribution < 1.29 is 4.79 Å². The second-order valence-electron chi connectivity index (χ2n) is 1.72. The molecule has 0 rings (SSSR count). The van der Waals surface area contributed by atoms with Crippen molar-refractivity contribution in [2.45, 2.75) is 13.8 Å². The summed E-state index contributed by atoms with van der Waals surface area (Å²) in [5.74, 6) is 0. The molecule has 0 atom stereocenters. The molecule has 2 nitrogen and oxygen atoms in total. The van der Waals surface area contributed by atoms with Crippen molar-refractivity contribution >= 4 is 12.5 Å². The number of hydrogen-bond donors (Lipinski definition) is 0. The minimum atomic E-state index is 0.736. The first-order chi connectivity index (χ1) is 4.81. The van der Waals surface area contributed by atoms with Crippen LogP contribution in [0.15, 0.2) is 28.9 Å². The van der Waals surface area contributed by atoms with Crippen molar-refractivity contribution in [2.75, 3.05) is 0 Å². The Morgan fingerprint density at radius 3 is 2.60 bits per heavy atom. The van der Waals surface area contributed by atoms with Gasteiger partial charge in [-0.05, 0) is 26.0 Å². The molecule has 0 aliphatic carbocycles. The van der Waals surface area contributed by atoms with Gasteiger partial charge in [-0.2, -0.15) is 0 Å². The summed E-state index contributed by atoms with van der Waals surface area (Å²) in [7, 11) is 0. The van der Waals surface area contributed by atoms with E-state index in [0.29, 0.717) is 0 Å². The molecule has 0 N–H and O–H groups in total. The average molecular weight is 137 g/mol. The van der Waals surface area contributed by atoms with Gasteiger partial charge in [0.25, 0.3) is 0 Å². The number of carbonyl (C=O) groups excluding carboxylic acids is 1. The Morgan fingerprint density at radius 1 is 1.40 bits per heavy atom. The molecule has 10 heavy (non-hydrogen) atoms. The van der Waals surface area contributed by atoms with E-state index in [1.807, 2.05) is 13.8 Å². The van der Waals surface area contributed by atoms with Crippen molar-refractivity contribution in [1.29, 1.82) is 0 Å². The number of aliphatic imine (C=N–C) groups is 1. The number of rotatable bonds is 3. The molecular formula is C8H11NO. The Balaban J connectivity index is 3.90. The summed E-state index contributed by atoms with van der Waals surface area (Å²) < 4.78 is 0. The van der Waals surface area contributed by atoms with Crippen molar-refractivity contribution in [2.24, 2.45) is 4.99 Å². The molecule has 0 saturated heterocycles. The summed E-state index contributed by atoms with van der Waals surface area (Å²) in [6, 6.07) is 0. The standard InChI is InChI=1S/C8H11NO/c1-3-9-8(2)6-4-5-7-10/h3-7H,1-2H3/b5-4+,8-6-,9-3?. The third kappa shape index (κ3) is 4.97. The SMILES string of the molecule is CC=N/C(C)=C\C=C\C=O. The van der Waals surface area contributed by atoms with Crippen molar-refractivity contribution in [3.05, 3.63) is 23.9 Å². The molecule has 54 valence electrons. The van der Waals surface area contributed by atoms with Gasteiger partial charge in [-0.1, -0.05) is 6.08 Å². The number of carbonyl (C=O) groups is 1. The number of hydrogen-bond acceptors (Lipinski definition) is 2. The molecule has 2 heteroatoms. The Kier molecular flexibility index (Phi) is 5.25. The number of aldehydes is 1. The normalized spacial score (nSPS) is 13.2. The van der Waals surface area contributed by atoms with Gasteiger partial charge in [0.15, 0.2) is 0 Å². The van der Waals surface area contributed by atoms with Crippen LogP contribution in [0.25, 0.3) is 0 Å². The Bertz CT molecular complexity index is 178. The highest BCUT2D eigenvalue weighted by Gasteiger charge is 1.74. The highest BCUT2D eigenvalue weighted by Crippen LogP contribution is 1.92. The first-order valence-electron chi connectivity index (χ1n) is 3.08. The molecule has 0 aromatic rings. The number of allylic oxidation sites excluding steroid dienone is 4. The highest BCUT2D eigenvalue weighted by molar-refractivity contribution is 5.65. The second kappa shape index (κ2) is 5.95. The van der Waals surface area contributed by atoms with Gasteiger partial charge in [0.2, 0.25) is 0 Å². The van der Waals surface area contributed by atoms with E-state index in [1.54, 1.807) is 18.4 Å². The van der Waals surface area contributed by atoms with Gasteiger partial charge in [0, 0.05) is 11.9 Å². The van der Waals surface area contributed by atoms with Crippen molar-refractivity contribution in [3.8, 4) is 0 Å². The van der Waals surface area contributed by atoms with Crippen LogP contribution in [0.2, 0.25) is 0 Å². The van der Waals surface area contributed by atoms with E-state index in [9.17, 15) is 4.79 Å². The molecule has 0 aliphatic heterocycles. The fourth-order valence-electron chi connectivity index (χ4n) is 0.487. The number of nitrogens with zero attached hydrogens (tertiary/aromatic N) is 1. The Labute approximate surface area is 61.0 Å². The van der Waals surface area contributed by atoms with Crippen LogP contribution >= 0.6 is 0 Å². The molecule has 0 aliphatic rings. The average Bonchev–Trinajstić information content (AvgIpc) is 1.89. The molecule has 0 amide bonds. The maximum atomic E-state index is 9.79. The van der Waals surface area contributed by atoms with E-state index in [4.69, 9.17) is 0 Å². The van der Waals surface area contributed by atoms with Crippen LogP contribution in [0, 0.1) is 0 Å². The Morgan fingerprint density at radius 2 is 2.10 bits per heavy atom. The maximum absolute atomic E-state index is 9.79. The van der Waals surface area contributed by atoms with Crippen LogP contribution in [0.4, 0.5) is 0 Å². The topological polar surface area (TPSA) is 29.4 Å². The van der Waals surface area contributed by atoms with Gasteiger partial charge in [-0.3, -0.25) is 9.79 Å². The largest absolute Gasteiger partial charge is 0.299 e. The van der Waals surface area contributed by atoms with Crippen LogP contribution in [-0.2, 0) is 4.79 Å². The predicted octanol–water partition coefficient (Wildman–Crippen LogP) is 1.74. The maximum Gasteiger partial charge on any atom is 0.142 e. The lowest BCUT2D eigenvalue weighted by Gasteiger charge is -1.83. The van der Waals surface area contributed by atoms with Crippen LogP contribution in [0.1, 0.15) is 13.8 Å². The van der Waals surface area contributed by atoms with Gasteiger partial charge >= 0.3 is 0 Å². The molecule has 0 bridgehead atoms. The van der Waals surface area contributed by atoms with Crippen molar-refractivity contribution in [3.63, 3.8) is 0 Å². The Hall–Kier alpha value is -1.18. The molecule has 0 unspecified atom stereocenters. The zero-order valence-corrected chi connectivity index (χ0v) is 6.24. The third-order valence-corrected chi connectivity index (χ3v) is 0.860. The summed E-state index contributed by atoms with van der Waals surface area (Å²) in [5.41, 5.74) is 0.889. The monoisotopic (exact) mass is 137 g/mol. The van der Waals surface area contributed by atoms with Gasteiger partial charge in [0.1, 0.15) is 6.29 Å². The smallest absolute Gasteiger partial charge is 0.142 e. The molecule has 0 radical (unpaired) electrons. The third-order valence-electron chi connectivity index (χ3n) is 0.860. The zero-order chi connectivity index (χ0) is 7.82. The first kappa shape index (κ1) is 8.82. The van der Waals surface area contributed by atoms with E-state index in [2.05, 4.69) is 4.99 Å². The van der Waals surface area contributed by atoms with Crippen LogP contribution < -0.4 is 0 Å². The van der Waals surface area contributed by atoms with Crippen LogP contribution in [0.3, 0.4) is 0 Å². The fraction of sp³-hybridized carbons (Fsp3) is 0.250. The predicted molar refractivity (Wildman–Crippen MR) is 43.1 cm³/mol. The van der Waals surface area contributed by atoms with E-state index in [1.165, 1.54) is 6.08 Å². The molecule has 0 aromatic heterocycles. The highest BCUT2D eigenvalue weighted by atomic mass is 16.1. The lowest BCUT2D eigenvalue weighted by Crippen LogP contribution is -1.67. The van der Waals surface area contributed by atoms with E-state index in [0.717, 1.165) is 12.0 Å². The summed E-state index contributed by atoms with van der Waals surface area (Å²) >= 11 is 0. The molecular weight excluding hydrogens is 126 g/mol.